The zero-order valence-electron chi connectivity index (χ0n) is 4.44. The fourth-order valence-electron chi connectivity index (χ4n) is 0.292. The van der Waals surface area contributed by atoms with Gasteiger partial charge >= 0.3 is 0 Å². The third kappa shape index (κ3) is 5.08. The standard InChI is InChI=1S/C5H10N2/c1-4(6)3-5(2)7/h3H,1,6-7H2,2H3/b5-3+. The van der Waals surface area contributed by atoms with Crippen molar-refractivity contribution in [3.8, 4) is 0 Å². The Labute approximate surface area is 43.5 Å². The predicted octanol–water partition coefficient (Wildman–Crippen LogP) is 0.321. The van der Waals surface area contributed by atoms with Gasteiger partial charge in [-0.05, 0) is 13.0 Å². The van der Waals surface area contributed by atoms with Gasteiger partial charge in [-0.2, -0.15) is 0 Å². The van der Waals surface area contributed by atoms with Crippen LogP contribution in [-0.4, -0.2) is 0 Å². The largest absolute Gasteiger partial charge is 0.402 e. The SMILES string of the molecule is C=C(N)/C=C(\C)N. The van der Waals surface area contributed by atoms with Crippen LogP contribution in [0.1, 0.15) is 6.92 Å². The average Bonchev–Trinajstić information content (AvgIpc) is 1.27. The molecule has 0 aliphatic carbocycles. The lowest BCUT2D eigenvalue weighted by Crippen LogP contribution is -1.96. The van der Waals surface area contributed by atoms with E-state index in [1.165, 1.54) is 0 Å². The summed E-state index contributed by atoms with van der Waals surface area (Å²) in [6.45, 7) is 5.18. The van der Waals surface area contributed by atoms with Gasteiger partial charge in [0.15, 0.2) is 0 Å². The van der Waals surface area contributed by atoms with E-state index < -0.39 is 0 Å². The average molecular weight is 98.1 g/mol. The van der Waals surface area contributed by atoms with Gasteiger partial charge in [0.25, 0.3) is 0 Å². The summed E-state index contributed by atoms with van der Waals surface area (Å²) >= 11 is 0. The van der Waals surface area contributed by atoms with Crippen LogP contribution in [0.5, 0.6) is 0 Å². The molecule has 0 atom stereocenters. The van der Waals surface area contributed by atoms with Crippen LogP contribution in [0.2, 0.25) is 0 Å². The first-order valence-electron chi connectivity index (χ1n) is 2.01. The monoisotopic (exact) mass is 98.1 g/mol. The van der Waals surface area contributed by atoms with E-state index in [0.29, 0.717) is 11.4 Å². The molecule has 0 rings (SSSR count). The number of nitrogens with two attached hydrogens (primary N) is 2. The molecule has 2 heteroatoms. The molecule has 0 unspecified atom stereocenters. The first kappa shape index (κ1) is 6.08. The molecule has 40 valence electrons. The second-order valence-corrected chi connectivity index (χ2v) is 1.46. The molecule has 0 heterocycles. The second-order valence-electron chi connectivity index (χ2n) is 1.46. The van der Waals surface area contributed by atoms with Gasteiger partial charge in [0, 0.05) is 11.4 Å². The van der Waals surface area contributed by atoms with Crippen LogP contribution >= 0.6 is 0 Å². The maximum absolute atomic E-state index is 5.21. The molecule has 0 aromatic heterocycles. The Bertz CT molecular complexity index is 98.6. The number of hydrogen-bond donors (Lipinski definition) is 2. The van der Waals surface area contributed by atoms with Crippen molar-refractivity contribution in [1.29, 1.82) is 0 Å². The Morgan fingerprint density at radius 3 is 2.00 bits per heavy atom. The zero-order valence-corrected chi connectivity index (χ0v) is 4.44. The van der Waals surface area contributed by atoms with Crippen LogP contribution in [0.25, 0.3) is 0 Å². The quantitative estimate of drug-likeness (QED) is 0.464. The molecule has 0 aliphatic heterocycles. The first-order chi connectivity index (χ1) is 3.13. The minimum Gasteiger partial charge on any atom is -0.402 e. The van der Waals surface area contributed by atoms with E-state index in [2.05, 4.69) is 6.58 Å². The smallest absolute Gasteiger partial charge is 0.0258 e. The summed E-state index contributed by atoms with van der Waals surface area (Å²) in [6.07, 6.45) is 1.61. The summed E-state index contributed by atoms with van der Waals surface area (Å²) in [5, 5.41) is 0. The van der Waals surface area contributed by atoms with E-state index in [-0.39, 0.29) is 0 Å². The van der Waals surface area contributed by atoms with Crippen LogP contribution < -0.4 is 11.5 Å². The summed E-state index contributed by atoms with van der Waals surface area (Å²) in [5.41, 5.74) is 11.5. The molecule has 0 aromatic rings. The third-order valence-corrected chi connectivity index (χ3v) is 0.413. The van der Waals surface area contributed by atoms with E-state index >= 15 is 0 Å². The van der Waals surface area contributed by atoms with Gasteiger partial charge in [-0.1, -0.05) is 6.58 Å². The Morgan fingerprint density at radius 1 is 1.57 bits per heavy atom. The molecule has 0 bridgehead atoms. The van der Waals surface area contributed by atoms with Crippen molar-refractivity contribution in [2.24, 2.45) is 11.5 Å². The Morgan fingerprint density at radius 2 is 2.00 bits per heavy atom. The van der Waals surface area contributed by atoms with Gasteiger partial charge < -0.3 is 11.5 Å². The Balaban J connectivity index is 3.68. The van der Waals surface area contributed by atoms with E-state index in [4.69, 9.17) is 11.5 Å². The maximum atomic E-state index is 5.21. The highest BCUT2D eigenvalue weighted by Crippen LogP contribution is 1.83. The van der Waals surface area contributed by atoms with Crippen LogP contribution in [0, 0.1) is 0 Å². The molecule has 0 aliphatic rings. The number of hydrogen-bond acceptors (Lipinski definition) is 2. The van der Waals surface area contributed by atoms with Crippen LogP contribution in [-0.2, 0) is 0 Å². The van der Waals surface area contributed by atoms with E-state index in [1.807, 2.05) is 0 Å². The Hall–Kier alpha value is -0.920. The molecule has 0 saturated carbocycles. The van der Waals surface area contributed by atoms with Crippen LogP contribution in [0.4, 0.5) is 0 Å². The second kappa shape index (κ2) is 2.29. The molecule has 7 heavy (non-hydrogen) atoms. The normalized spacial score (nSPS) is 11.3. The molecule has 2 nitrogen and oxygen atoms in total. The van der Waals surface area contributed by atoms with Crippen LogP contribution in [0.3, 0.4) is 0 Å². The molecule has 0 spiro atoms. The Kier molecular flexibility index (Phi) is 1.99. The van der Waals surface area contributed by atoms with Crippen molar-refractivity contribution >= 4 is 0 Å². The molecule has 4 N–H and O–H groups in total. The third-order valence-electron chi connectivity index (χ3n) is 0.413. The van der Waals surface area contributed by atoms with Crippen molar-refractivity contribution in [2.45, 2.75) is 6.92 Å². The molecule has 0 fully saturated rings. The molecule has 0 radical (unpaired) electrons. The van der Waals surface area contributed by atoms with Gasteiger partial charge in [0.05, 0.1) is 0 Å². The molecule has 0 aromatic carbocycles. The van der Waals surface area contributed by atoms with Crippen molar-refractivity contribution in [2.75, 3.05) is 0 Å². The van der Waals surface area contributed by atoms with E-state index in [0.717, 1.165) is 0 Å². The summed E-state index contributed by atoms with van der Waals surface area (Å²) < 4.78 is 0. The summed E-state index contributed by atoms with van der Waals surface area (Å²) in [6, 6.07) is 0. The highest BCUT2D eigenvalue weighted by molar-refractivity contribution is 5.13. The summed E-state index contributed by atoms with van der Waals surface area (Å²) in [4.78, 5) is 0. The highest BCUT2D eigenvalue weighted by atomic mass is 14.6. The zero-order chi connectivity index (χ0) is 5.86. The van der Waals surface area contributed by atoms with Gasteiger partial charge in [-0.25, -0.2) is 0 Å². The topological polar surface area (TPSA) is 52.0 Å². The van der Waals surface area contributed by atoms with E-state index in [1.54, 1.807) is 13.0 Å². The summed E-state index contributed by atoms with van der Waals surface area (Å²) in [5.74, 6) is 0. The predicted molar refractivity (Wildman–Crippen MR) is 31.3 cm³/mol. The minimum atomic E-state index is 0.500. The highest BCUT2D eigenvalue weighted by Gasteiger charge is 1.74. The lowest BCUT2D eigenvalue weighted by Gasteiger charge is -1.87. The van der Waals surface area contributed by atoms with Crippen molar-refractivity contribution in [3.63, 3.8) is 0 Å². The lowest BCUT2D eigenvalue weighted by molar-refractivity contribution is 1.28. The fourth-order valence-corrected chi connectivity index (χ4v) is 0.292. The van der Waals surface area contributed by atoms with Gasteiger partial charge in [0.1, 0.15) is 0 Å². The van der Waals surface area contributed by atoms with Crippen molar-refractivity contribution < 1.29 is 0 Å². The van der Waals surface area contributed by atoms with Gasteiger partial charge in [-0.15, -0.1) is 0 Å². The molecular formula is C5H10N2. The number of allylic oxidation sites excluding steroid dienone is 2. The van der Waals surface area contributed by atoms with Crippen molar-refractivity contribution in [3.05, 3.63) is 24.0 Å². The van der Waals surface area contributed by atoms with E-state index in [9.17, 15) is 0 Å². The van der Waals surface area contributed by atoms with Gasteiger partial charge in [-0.3, -0.25) is 0 Å². The van der Waals surface area contributed by atoms with Crippen LogP contribution in [0.15, 0.2) is 24.0 Å². The fraction of sp³-hybridized carbons (Fsp3) is 0.200. The van der Waals surface area contributed by atoms with Crippen molar-refractivity contribution in [1.82, 2.24) is 0 Å². The molecule has 0 amide bonds. The molecule has 0 saturated heterocycles. The lowest BCUT2D eigenvalue weighted by atomic mass is 10.4. The van der Waals surface area contributed by atoms with Gasteiger partial charge in [0.2, 0.25) is 0 Å². The first-order valence-corrected chi connectivity index (χ1v) is 2.01. The summed E-state index contributed by atoms with van der Waals surface area (Å²) in [7, 11) is 0. The minimum absolute atomic E-state index is 0.500. The maximum Gasteiger partial charge on any atom is 0.0258 e. The number of rotatable bonds is 1. The molecular weight excluding hydrogens is 88.1 g/mol.